The van der Waals surface area contributed by atoms with Crippen molar-refractivity contribution in [2.24, 2.45) is 0 Å². The van der Waals surface area contributed by atoms with Crippen LogP contribution in [-0.4, -0.2) is 16.9 Å². The van der Waals surface area contributed by atoms with Crippen LogP contribution in [0.3, 0.4) is 0 Å². The minimum Gasteiger partial charge on any atom is -0.457 e. The maximum atomic E-state index is 13.5. The highest BCUT2D eigenvalue weighted by molar-refractivity contribution is 7.80. The molecule has 6 heteroatoms. The number of nitrogens with zero attached hydrogens (tertiary/aromatic N) is 1. The van der Waals surface area contributed by atoms with Gasteiger partial charge in [0.25, 0.3) is 11.8 Å². The van der Waals surface area contributed by atoms with E-state index < -0.39 is 11.8 Å². The summed E-state index contributed by atoms with van der Waals surface area (Å²) in [5.41, 5.74) is 4.38. The van der Waals surface area contributed by atoms with E-state index in [1.165, 1.54) is 4.90 Å². The molecule has 0 bridgehead atoms. The Kier molecular flexibility index (Phi) is 6.43. The molecule has 2 amide bonds. The van der Waals surface area contributed by atoms with Crippen molar-refractivity contribution in [3.63, 3.8) is 0 Å². The van der Waals surface area contributed by atoms with Crippen molar-refractivity contribution in [1.29, 1.82) is 0 Å². The highest BCUT2D eigenvalue weighted by Gasteiger charge is 2.34. The molecular formula is C30H22N2O3S. The summed E-state index contributed by atoms with van der Waals surface area (Å²) in [5, 5.41) is 2.68. The molecule has 1 saturated heterocycles. The van der Waals surface area contributed by atoms with Crippen molar-refractivity contribution in [3.8, 4) is 22.6 Å². The molecule has 4 aromatic carbocycles. The van der Waals surface area contributed by atoms with Crippen LogP contribution in [0.1, 0.15) is 11.1 Å². The fourth-order valence-corrected chi connectivity index (χ4v) is 4.24. The van der Waals surface area contributed by atoms with Crippen molar-refractivity contribution < 1.29 is 14.3 Å². The molecule has 5 nitrogen and oxygen atoms in total. The van der Waals surface area contributed by atoms with E-state index >= 15 is 0 Å². The lowest BCUT2D eigenvalue weighted by Gasteiger charge is -2.29. The summed E-state index contributed by atoms with van der Waals surface area (Å²) >= 11 is 5.35. The van der Waals surface area contributed by atoms with Gasteiger partial charge in [-0.3, -0.25) is 19.8 Å². The van der Waals surface area contributed by atoms with Crippen LogP contribution >= 0.6 is 12.2 Å². The number of carbonyl (C=O) groups is 2. The van der Waals surface area contributed by atoms with E-state index in [2.05, 4.69) is 5.32 Å². The number of carbonyl (C=O) groups excluding carboxylic acids is 2. The smallest absolute Gasteiger partial charge is 0.270 e. The number of aryl methyl sites for hydroxylation is 1. The zero-order valence-electron chi connectivity index (χ0n) is 19.5. The number of amides is 2. The van der Waals surface area contributed by atoms with E-state index in [0.29, 0.717) is 17.2 Å². The van der Waals surface area contributed by atoms with E-state index in [-0.39, 0.29) is 10.7 Å². The molecule has 0 unspecified atom stereocenters. The van der Waals surface area contributed by atoms with Gasteiger partial charge in [0.1, 0.15) is 17.1 Å². The molecule has 1 fully saturated rings. The second kappa shape index (κ2) is 9.98. The van der Waals surface area contributed by atoms with Crippen molar-refractivity contribution in [1.82, 2.24) is 5.32 Å². The quantitative estimate of drug-likeness (QED) is 0.203. The molecule has 0 radical (unpaired) electrons. The monoisotopic (exact) mass is 490 g/mol. The largest absolute Gasteiger partial charge is 0.457 e. The Bertz CT molecular complexity index is 1480. The topological polar surface area (TPSA) is 58.6 Å². The van der Waals surface area contributed by atoms with Crippen LogP contribution in [0.4, 0.5) is 5.69 Å². The molecule has 0 atom stereocenters. The summed E-state index contributed by atoms with van der Waals surface area (Å²) in [4.78, 5) is 27.6. The van der Waals surface area contributed by atoms with Crippen LogP contribution in [-0.2, 0) is 9.59 Å². The summed E-state index contributed by atoms with van der Waals surface area (Å²) in [7, 11) is 0. The number of benzene rings is 4. The predicted molar refractivity (Wildman–Crippen MR) is 146 cm³/mol. The minimum atomic E-state index is -0.524. The van der Waals surface area contributed by atoms with Gasteiger partial charge < -0.3 is 4.74 Å². The van der Waals surface area contributed by atoms with Crippen LogP contribution in [0.2, 0.25) is 0 Å². The van der Waals surface area contributed by atoms with Gasteiger partial charge in [0.15, 0.2) is 5.11 Å². The van der Waals surface area contributed by atoms with Crippen molar-refractivity contribution in [2.75, 3.05) is 4.90 Å². The lowest BCUT2D eigenvalue weighted by atomic mass is 9.96. The second-order valence-corrected chi connectivity index (χ2v) is 8.71. The van der Waals surface area contributed by atoms with Crippen LogP contribution in [0, 0.1) is 6.92 Å². The first kappa shape index (κ1) is 23.2. The minimum absolute atomic E-state index is 0.00720. The number of nitrogens with one attached hydrogen (secondary N) is 1. The fraction of sp³-hybridized carbons (Fsp3) is 0.0333. The first-order valence-electron chi connectivity index (χ1n) is 11.4. The molecule has 1 aliphatic heterocycles. The van der Waals surface area contributed by atoms with Gasteiger partial charge in [-0.1, -0.05) is 72.3 Å². The summed E-state index contributed by atoms with van der Waals surface area (Å²) < 4.78 is 5.84. The summed E-state index contributed by atoms with van der Waals surface area (Å²) in [5.74, 6) is 0.315. The van der Waals surface area contributed by atoms with Gasteiger partial charge in [-0.25, -0.2) is 0 Å². The van der Waals surface area contributed by atoms with Crippen molar-refractivity contribution >= 4 is 40.9 Å². The van der Waals surface area contributed by atoms with Crippen molar-refractivity contribution in [2.45, 2.75) is 6.92 Å². The van der Waals surface area contributed by atoms with E-state index in [0.717, 1.165) is 22.3 Å². The second-order valence-electron chi connectivity index (χ2n) is 8.32. The van der Waals surface area contributed by atoms with E-state index in [1.807, 2.05) is 85.8 Å². The van der Waals surface area contributed by atoms with Gasteiger partial charge in [-0.05, 0) is 78.3 Å². The average molecular weight is 491 g/mol. The molecule has 0 aliphatic carbocycles. The summed E-state index contributed by atoms with van der Waals surface area (Å²) in [6.45, 7) is 2.03. The summed E-state index contributed by atoms with van der Waals surface area (Å²) in [6, 6.07) is 32.2. The molecule has 0 saturated carbocycles. The van der Waals surface area contributed by atoms with Crippen LogP contribution < -0.4 is 15.0 Å². The lowest BCUT2D eigenvalue weighted by Crippen LogP contribution is -2.54. The Labute approximate surface area is 214 Å². The predicted octanol–water partition coefficient (Wildman–Crippen LogP) is 6.29. The molecule has 176 valence electrons. The van der Waals surface area contributed by atoms with Crippen LogP contribution in [0.25, 0.3) is 17.2 Å². The third-order valence-corrected chi connectivity index (χ3v) is 6.08. The Hall–Kier alpha value is -4.55. The maximum absolute atomic E-state index is 13.5. The maximum Gasteiger partial charge on any atom is 0.270 e. The lowest BCUT2D eigenvalue weighted by molar-refractivity contribution is -0.122. The number of hydrogen-bond donors (Lipinski definition) is 1. The third kappa shape index (κ3) is 4.80. The van der Waals surface area contributed by atoms with Crippen molar-refractivity contribution in [3.05, 3.63) is 120 Å². The summed E-state index contributed by atoms with van der Waals surface area (Å²) in [6.07, 6.45) is 1.62. The third-order valence-electron chi connectivity index (χ3n) is 5.80. The Morgan fingerprint density at radius 1 is 0.778 bits per heavy atom. The average Bonchev–Trinajstić information content (AvgIpc) is 2.89. The van der Waals surface area contributed by atoms with Gasteiger partial charge >= 0.3 is 0 Å². The molecule has 5 rings (SSSR count). The molecule has 1 N–H and O–H groups in total. The zero-order valence-corrected chi connectivity index (χ0v) is 20.3. The van der Waals surface area contributed by atoms with Crippen LogP contribution in [0.5, 0.6) is 11.5 Å². The molecular weight excluding hydrogens is 468 g/mol. The van der Waals surface area contributed by atoms with E-state index in [4.69, 9.17) is 17.0 Å². The molecule has 1 heterocycles. The molecule has 0 aromatic heterocycles. The fourth-order valence-electron chi connectivity index (χ4n) is 3.95. The zero-order chi connectivity index (χ0) is 25.1. The highest BCUT2D eigenvalue weighted by Crippen LogP contribution is 2.29. The first-order valence-corrected chi connectivity index (χ1v) is 11.8. The SMILES string of the molecule is Cc1ccc(-c2ccccc2C=C2C(=O)NC(=S)N(c3ccc(Oc4ccccc4)cc3)C2=O)cc1. The Morgan fingerprint density at radius 3 is 2.14 bits per heavy atom. The number of hydrogen-bond acceptors (Lipinski definition) is 4. The van der Waals surface area contributed by atoms with E-state index in [9.17, 15) is 9.59 Å². The van der Waals surface area contributed by atoms with Gasteiger partial charge in [0.05, 0.1) is 5.69 Å². The van der Waals surface area contributed by atoms with Gasteiger partial charge in [-0.2, -0.15) is 0 Å². The first-order chi connectivity index (χ1) is 17.5. The number of para-hydroxylation sites is 1. The van der Waals surface area contributed by atoms with Gasteiger partial charge in [0.2, 0.25) is 0 Å². The standard InChI is InChI=1S/C30H22N2O3S/c1-20-11-13-21(14-12-20)26-10-6-5-7-22(26)19-27-28(33)31-30(36)32(29(27)34)23-15-17-25(18-16-23)35-24-8-3-2-4-9-24/h2-19H,1H3,(H,31,33,36). The van der Waals surface area contributed by atoms with Crippen LogP contribution in [0.15, 0.2) is 109 Å². The number of ether oxygens (including phenoxy) is 1. The Balaban J connectivity index is 1.45. The molecule has 36 heavy (non-hydrogen) atoms. The number of thiocarbonyl (C=S) groups is 1. The highest BCUT2D eigenvalue weighted by atomic mass is 32.1. The number of anilines is 1. The molecule has 4 aromatic rings. The van der Waals surface area contributed by atoms with Gasteiger partial charge in [-0.15, -0.1) is 0 Å². The molecule has 1 aliphatic rings. The van der Waals surface area contributed by atoms with Gasteiger partial charge in [0, 0.05) is 0 Å². The Morgan fingerprint density at radius 2 is 1.42 bits per heavy atom. The molecule has 0 spiro atoms. The number of rotatable bonds is 5. The van der Waals surface area contributed by atoms with E-state index in [1.54, 1.807) is 30.3 Å². The normalized spacial score (nSPS) is 14.6.